The summed E-state index contributed by atoms with van der Waals surface area (Å²) >= 11 is 6.12. The summed E-state index contributed by atoms with van der Waals surface area (Å²) in [4.78, 5) is 23.7. The van der Waals surface area contributed by atoms with Gasteiger partial charge in [0.2, 0.25) is 0 Å². The lowest BCUT2D eigenvalue weighted by molar-refractivity contribution is -0.136. The van der Waals surface area contributed by atoms with E-state index < -0.39 is 11.8 Å². The highest BCUT2D eigenvalue weighted by atomic mass is 35.5. The summed E-state index contributed by atoms with van der Waals surface area (Å²) in [5.74, 6) is -0.600. The molecule has 2 aromatic carbocycles. The molecule has 0 saturated carbocycles. The number of anilines is 1. The van der Waals surface area contributed by atoms with Crippen LogP contribution in [0.25, 0.3) is 0 Å². The van der Waals surface area contributed by atoms with Crippen molar-refractivity contribution < 1.29 is 19.1 Å². The third kappa shape index (κ3) is 6.31. The van der Waals surface area contributed by atoms with Crippen LogP contribution in [0.5, 0.6) is 11.5 Å². The Morgan fingerprint density at radius 3 is 2.70 bits per heavy atom. The fraction of sp³-hybridized carbons (Fsp3) is 0.211. The number of rotatable bonds is 7. The average molecular weight is 390 g/mol. The highest BCUT2D eigenvalue weighted by molar-refractivity contribution is 6.39. The van der Waals surface area contributed by atoms with E-state index in [9.17, 15) is 9.59 Å². The minimum atomic E-state index is -0.900. The fourth-order valence-corrected chi connectivity index (χ4v) is 2.27. The molecule has 0 atom stereocenters. The van der Waals surface area contributed by atoms with Crippen LogP contribution in [0.1, 0.15) is 18.9 Å². The van der Waals surface area contributed by atoms with Crippen molar-refractivity contribution in [1.29, 1.82) is 0 Å². The number of ether oxygens (including phenoxy) is 2. The fourth-order valence-electron chi connectivity index (χ4n) is 2.03. The summed E-state index contributed by atoms with van der Waals surface area (Å²) in [5, 5.41) is 6.66. The molecule has 8 heteroatoms. The van der Waals surface area contributed by atoms with E-state index in [0.717, 1.165) is 6.42 Å². The van der Waals surface area contributed by atoms with Crippen LogP contribution >= 0.6 is 11.6 Å². The largest absolute Gasteiger partial charge is 0.497 e. The number of methoxy groups -OCH3 is 1. The van der Waals surface area contributed by atoms with E-state index in [0.29, 0.717) is 34.4 Å². The highest BCUT2D eigenvalue weighted by Gasteiger charge is 2.13. The molecule has 27 heavy (non-hydrogen) atoms. The van der Waals surface area contributed by atoms with Crippen LogP contribution in [-0.2, 0) is 9.59 Å². The molecule has 0 bridgehead atoms. The van der Waals surface area contributed by atoms with Gasteiger partial charge in [-0.3, -0.25) is 9.59 Å². The maximum atomic E-state index is 11.9. The maximum absolute atomic E-state index is 11.9. The lowest BCUT2D eigenvalue weighted by Crippen LogP contribution is -2.32. The number of carbonyl (C=O) groups is 2. The lowest BCUT2D eigenvalue weighted by Gasteiger charge is -2.07. The number of nitrogens with zero attached hydrogens (tertiary/aromatic N) is 1. The van der Waals surface area contributed by atoms with Gasteiger partial charge in [0.1, 0.15) is 11.5 Å². The van der Waals surface area contributed by atoms with E-state index in [1.807, 2.05) is 6.92 Å². The number of hydrazone groups is 1. The molecule has 0 aliphatic carbocycles. The van der Waals surface area contributed by atoms with Crippen LogP contribution in [-0.4, -0.2) is 31.7 Å². The van der Waals surface area contributed by atoms with Crippen LogP contribution in [0.2, 0.25) is 5.02 Å². The second kappa shape index (κ2) is 10.2. The van der Waals surface area contributed by atoms with Crippen molar-refractivity contribution in [2.24, 2.45) is 5.10 Å². The average Bonchev–Trinajstić information content (AvgIpc) is 2.67. The third-order valence-corrected chi connectivity index (χ3v) is 3.63. The third-order valence-electron chi connectivity index (χ3n) is 3.33. The van der Waals surface area contributed by atoms with Crippen LogP contribution in [0.3, 0.4) is 0 Å². The van der Waals surface area contributed by atoms with E-state index in [2.05, 4.69) is 15.8 Å². The molecule has 142 valence electrons. The summed E-state index contributed by atoms with van der Waals surface area (Å²) < 4.78 is 10.5. The van der Waals surface area contributed by atoms with Crippen molar-refractivity contribution in [2.45, 2.75) is 13.3 Å². The zero-order chi connectivity index (χ0) is 19.6. The Labute approximate surface area is 162 Å². The van der Waals surface area contributed by atoms with Crippen molar-refractivity contribution >= 4 is 35.3 Å². The smallest absolute Gasteiger partial charge is 0.329 e. The van der Waals surface area contributed by atoms with Gasteiger partial charge in [-0.15, -0.1) is 0 Å². The summed E-state index contributed by atoms with van der Waals surface area (Å²) in [7, 11) is 1.51. The predicted octanol–water partition coefficient (Wildman–Crippen LogP) is 3.23. The molecule has 2 aromatic rings. The van der Waals surface area contributed by atoms with Crippen LogP contribution in [0.15, 0.2) is 47.6 Å². The molecule has 2 amide bonds. The van der Waals surface area contributed by atoms with Gasteiger partial charge in [0.25, 0.3) is 0 Å². The van der Waals surface area contributed by atoms with Crippen molar-refractivity contribution in [1.82, 2.24) is 5.43 Å². The Bertz CT molecular complexity index is 839. The summed E-state index contributed by atoms with van der Waals surface area (Å²) in [6.07, 6.45) is 2.26. The Kier molecular flexibility index (Phi) is 7.63. The van der Waals surface area contributed by atoms with Gasteiger partial charge in [-0.05, 0) is 42.3 Å². The van der Waals surface area contributed by atoms with Crippen LogP contribution < -0.4 is 20.2 Å². The zero-order valence-corrected chi connectivity index (χ0v) is 15.7. The topological polar surface area (TPSA) is 89.0 Å². The van der Waals surface area contributed by atoms with Gasteiger partial charge in [0.05, 0.1) is 25.0 Å². The highest BCUT2D eigenvalue weighted by Crippen LogP contribution is 2.25. The van der Waals surface area contributed by atoms with Crippen molar-refractivity contribution in [3.05, 3.63) is 53.1 Å². The maximum Gasteiger partial charge on any atom is 0.329 e. The normalized spacial score (nSPS) is 10.5. The number of amides is 2. The summed E-state index contributed by atoms with van der Waals surface area (Å²) in [6.45, 7) is 2.58. The number of hydrogen-bond donors (Lipinski definition) is 2. The molecule has 0 aliphatic rings. The Hall–Kier alpha value is -3.06. The first kappa shape index (κ1) is 20.3. The molecule has 0 spiro atoms. The SMILES string of the molecule is CCCOc1ccc(/C=N\NC(=O)C(=O)Nc2cccc(OC)c2)cc1Cl. The lowest BCUT2D eigenvalue weighted by atomic mass is 10.2. The van der Waals surface area contributed by atoms with Gasteiger partial charge in [0, 0.05) is 11.8 Å². The zero-order valence-electron chi connectivity index (χ0n) is 15.0. The molecule has 2 N–H and O–H groups in total. The molecule has 0 radical (unpaired) electrons. The van der Waals surface area contributed by atoms with E-state index >= 15 is 0 Å². The van der Waals surface area contributed by atoms with Crippen molar-refractivity contribution in [3.63, 3.8) is 0 Å². The monoisotopic (exact) mass is 389 g/mol. The number of carbonyl (C=O) groups excluding carboxylic acids is 2. The van der Waals surface area contributed by atoms with Gasteiger partial charge in [0.15, 0.2) is 0 Å². The Morgan fingerprint density at radius 2 is 2.00 bits per heavy atom. The molecule has 0 aromatic heterocycles. The quantitative estimate of drug-likeness (QED) is 0.432. The summed E-state index contributed by atoms with van der Waals surface area (Å²) in [6, 6.07) is 11.8. The van der Waals surface area contributed by atoms with Gasteiger partial charge in [-0.2, -0.15) is 5.10 Å². The Morgan fingerprint density at radius 1 is 1.19 bits per heavy atom. The molecule has 2 rings (SSSR count). The first-order valence-corrected chi connectivity index (χ1v) is 8.62. The van der Waals surface area contributed by atoms with Crippen LogP contribution in [0, 0.1) is 0 Å². The molecule has 0 fully saturated rings. The van der Waals surface area contributed by atoms with E-state index in [1.54, 1.807) is 42.5 Å². The van der Waals surface area contributed by atoms with Gasteiger partial charge >= 0.3 is 11.8 Å². The second-order valence-corrected chi connectivity index (χ2v) is 5.83. The molecular weight excluding hydrogens is 370 g/mol. The predicted molar refractivity (Wildman–Crippen MR) is 105 cm³/mol. The number of benzene rings is 2. The number of halogens is 1. The van der Waals surface area contributed by atoms with E-state index in [4.69, 9.17) is 21.1 Å². The Balaban J connectivity index is 1.90. The van der Waals surface area contributed by atoms with Gasteiger partial charge < -0.3 is 14.8 Å². The molecule has 0 heterocycles. The molecule has 0 aliphatic heterocycles. The van der Waals surface area contributed by atoms with Crippen molar-refractivity contribution in [3.8, 4) is 11.5 Å². The van der Waals surface area contributed by atoms with Crippen molar-refractivity contribution in [2.75, 3.05) is 19.0 Å². The van der Waals surface area contributed by atoms with Gasteiger partial charge in [-0.25, -0.2) is 5.43 Å². The first-order chi connectivity index (χ1) is 13.0. The van der Waals surface area contributed by atoms with Crippen LogP contribution in [0.4, 0.5) is 5.69 Å². The van der Waals surface area contributed by atoms with E-state index in [-0.39, 0.29) is 0 Å². The summed E-state index contributed by atoms with van der Waals surface area (Å²) in [5.41, 5.74) is 3.25. The second-order valence-electron chi connectivity index (χ2n) is 5.42. The first-order valence-electron chi connectivity index (χ1n) is 8.24. The number of nitrogens with one attached hydrogen (secondary N) is 2. The molecule has 7 nitrogen and oxygen atoms in total. The molecule has 0 unspecified atom stereocenters. The standard InChI is InChI=1S/C19H20ClN3O4/c1-3-9-27-17-8-7-13(10-16(17)20)12-21-23-19(25)18(24)22-14-5-4-6-15(11-14)26-2/h4-8,10-12H,3,9H2,1-2H3,(H,22,24)(H,23,25)/b21-12-. The minimum Gasteiger partial charge on any atom is -0.497 e. The molecular formula is C19H20ClN3O4. The molecule has 0 saturated heterocycles. The number of hydrogen-bond acceptors (Lipinski definition) is 5. The minimum absolute atomic E-state index is 0.438. The van der Waals surface area contributed by atoms with E-state index in [1.165, 1.54) is 13.3 Å². The van der Waals surface area contributed by atoms with Gasteiger partial charge in [-0.1, -0.05) is 24.6 Å².